The van der Waals surface area contributed by atoms with E-state index in [1.807, 2.05) is 66.7 Å². The summed E-state index contributed by atoms with van der Waals surface area (Å²) in [6.45, 7) is 0. The quantitative estimate of drug-likeness (QED) is 0.198. The van der Waals surface area contributed by atoms with Crippen LogP contribution >= 0.6 is 7.14 Å². The van der Waals surface area contributed by atoms with E-state index in [4.69, 9.17) is 6.11 Å². The average Bonchev–Trinajstić information content (AvgIpc) is 3.14. The number of nitrogens with zero attached hydrogens (tertiary/aromatic N) is 2. The normalized spacial score (nSPS) is 16.1. The first-order valence-electron chi connectivity index (χ1n) is 11.0. The molecule has 4 nitrogen and oxygen atoms in total. The molecule has 1 aliphatic rings. The van der Waals surface area contributed by atoms with Crippen LogP contribution in [0.5, 0.6) is 11.6 Å². The molecule has 0 spiro atoms. The van der Waals surface area contributed by atoms with Gasteiger partial charge in [-0.1, -0.05) is 47.3 Å². The van der Waals surface area contributed by atoms with Crippen LogP contribution in [0.3, 0.4) is 0 Å². The Kier molecular flexibility index (Phi) is 5.71. The molecule has 6 rings (SSSR count). The summed E-state index contributed by atoms with van der Waals surface area (Å²) in [5.41, 5.74) is 3.94. The molecule has 3 heterocycles. The van der Waals surface area contributed by atoms with E-state index in [1.54, 1.807) is 30.5 Å². The molecule has 6 heteroatoms. The maximum absolute atomic E-state index is 14.6. The number of aromatic nitrogens is 2. The summed E-state index contributed by atoms with van der Waals surface area (Å²) >= 11 is 0. The minimum atomic E-state index is -3.16. The molecule has 34 heavy (non-hydrogen) atoms. The van der Waals surface area contributed by atoms with E-state index < -0.39 is 7.14 Å². The topological polar surface area (TPSA) is 52.1 Å². The fourth-order valence-corrected chi connectivity index (χ4v) is 7.01. The van der Waals surface area contributed by atoms with E-state index in [0.717, 1.165) is 27.6 Å². The zero-order chi connectivity index (χ0) is 23.1. The summed E-state index contributed by atoms with van der Waals surface area (Å²) in [5.74, 6) is 0.801. The second-order valence-corrected chi connectivity index (χ2v) is 10.2. The molecule has 1 unspecified atom stereocenters. The van der Waals surface area contributed by atoms with Gasteiger partial charge in [-0.3, -0.25) is 4.98 Å². The summed E-state index contributed by atoms with van der Waals surface area (Å²) < 4.78 is 28.1. The van der Waals surface area contributed by atoms with Crippen molar-refractivity contribution < 1.29 is 31.7 Å². The first-order valence-corrected chi connectivity index (χ1v) is 12.2. The first-order chi connectivity index (χ1) is 16.6. The number of hydrogen-bond acceptors (Lipinski definition) is 4. The Hall–Kier alpha value is -3.32. The monoisotopic (exact) mass is 640 g/mol. The van der Waals surface area contributed by atoms with Gasteiger partial charge in [-0.05, 0) is 23.8 Å². The minimum absolute atomic E-state index is 0. The fraction of sp³-hybridized carbons (Fsp3) is 0. The number of benzene rings is 3. The molecule has 5 aromatic rings. The van der Waals surface area contributed by atoms with E-state index in [9.17, 15) is 4.57 Å². The van der Waals surface area contributed by atoms with Crippen LogP contribution < -0.4 is 20.8 Å². The smallest absolute Gasteiger partial charge is 0.460 e. The fourth-order valence-electron chi connectivity index (χ4n) is 4.12. The van der Waals surface area contributed by atoms with E-state index >= 15 is 0 Å². The van der Waals surface area contributed by atoms with Crippen molar-refractivity contribution >= 4 is 23.2 Å². The van der Waals surface area contributed by atoms with Crippen molar-refractivity contribution in [2.75, 3.05) is 0 Å². The Labute approximate surface area is 213 Å². The molecule has 166 valence electrons. The van der Waals surface area contributed by atoms with Crippen LogP contribution in [0.1, 0.15) is 1.37 Å². The van der Waals surface area contributed by atoms with Crippen LogP contribution in [-0.2, 0) is 25.6 Å². The van der Waals surface area contributed by atoms with Gasteiger partial charge in [0, 0.05) is 29.5 Å². The van der Waals surface area contributed by atoms with Crippen molar-refractivity contribution in [1.29, 1.82) is 0 Å². The van der Waals surface area contributed by atoms with Crippen molar-refractivity contribution in [3.05, 3.63) is 115 Å². The maximum Gasteiger partial charge on any atom is 2.00 e. The van der Waals surface area contributed by atoms with E-state index in [0.29, 0.717) is 22.4 Å². The van der Waals surface area contributed by atoms with Gasteiger partial charge in [0.15, 0.2) is 7.14 Å². The maximum atomic E-state index is 14.6. The molecule has 0 N–H and O–H groups in total. The van der Waals surface area contributed by atoms with Crippen molar-refractivity contribution in [3.63, 3.8) is 0 Å². The van der Waals surface area contributed by atoms with E-state index in [-0.39, 0.29) is 27.2 Å². The van der Waals surface area contributed by atoms with Crippen molar-refractivity contribution in [2.24, 2.45) is 0 Å². The molecule has 0 radical (unpaired) electrons. The Morgan fingerprint density at radius 2 is 1.59 bits per heavy atom. The molecule has 0 bridgehead atoms. The third-order valence-corrected chi connectivity index (χ3v) is 8.56. The Balaban J connectivity index is 0.00000253. The molecule has 1 aliphatic heterocycles. The van der Waals surface area contributed by atoms with Gasteiger partial charge < -0.3 is 9.30 Å². The van der Waals surface area contributed by atoms with Crippen LogP contribution in [0.15, 0.2) is 103 Å². The number of fused-ring (bicyclic) bond motifs is 3. The number of ether oxygens (including phenoxy) is 1. The molecule has 3 aromatic carbocycles. The van der Waals surface area contributed by atoms with E-state index in [1.165, 1.54) is 0 Å². The van der Waals surface area contributed by atoms with Gasteiger partial charge in [-0.25, -0.2) is 16.1 Å². The molecule has 0 saturated carbocycles. The number of rotatable bonds is 4. The van der Waals surface area contributed by atoms with Crippen LogP contribution in [0.25, 0.3) is 22.3 Å². The first kappa shape index (κ1) is 21.2. The summed E-state index contributed by atoms with van der Waals surface area (Å²) in [4.78, 5) is 8.53. The molecule has 1 atom stereocenters. The molecule has 2 aromatic heterocycles. The standard InChI is InChI=1S/C28H17N2O2P.Pt/c31-33(28-13-4-6-17-30-28)25-11-2-1-10-23(25)24-15-14-21(19-26(24)33)20-8-7-9-22(18-20)32-27-12-3-5-16-29-27;/h1-17H;/q-2;+2/i16D;. The summed E-state index contributed by atoms with van der Waals surface area (Å²) in [6.07, 6.45) is 1.80. The second-order valence-electron chi connectivity index (χ2n) is 7.58. The van der Waals surface area contributed by atoms with Gasteiger partial charge >= 0.3 is 21.1 Å². The molecule has 0 amide bonds. The summed E-state index contributed by atoms with van der Waals surface area (Å²) in [7, 11) is -3.16. The van der Waals surface area contributed by atoms with Crippen molar-refractivity contribution in [2.45, 2.75) is 0 Å². The zero-order valence-corrected chi connectivity index (χ0v) is 20.9. The van der Waals surface area contributed by atoms with Gasteiger partial charge in [0.05, 0.1) is 1.37 Å². The molecule has 0 fully saturated rings. The summed E-state index contributed by atoms with van der Waals surface area (Å²) in [5, 5.41) is 1.45. The van der Waals surface area contributed by atoms with Crippen LogP contribution in [0.4, 0.5) is 0 Å². The van der Waals surface area contributed by atoms with Gasteiger partial charge in [0.1, 0.15) is 5.44 Å². The van der Waals surface area contributed by atoms with Crippen molar-refractivity contribution in [1.82, 2.24) is 9.97 Å². The SMILES string of the molecule is [2H]c1cccc(Oc2[c-]c(-c3[c-]c4c(cc3)-c3ccccc3P4(=O)c3ccccn3)ccc2)n1.[Pt+2]. The van der Waals surface area contributed by atoms with Gasteiger partial charge in [0.2, 0.25) is 5.88 Å². The van der Waals surface area contributed by atoms with Crippen LogP contribution in [0, 0.1) is 12.1 Å². The van der Waals surface area contributed by atoms with Crippen LogP contribution in [-0.4, -0.2) is 9.97 Å². The molecular weight excluding hydrogens is 622 g/mol. The number of hydrogen-bond donors (Lipinski definition) is 0. The molecular formula is C28H17N2O2PPt. The molecule has 0 aliphatic carbocycles. The van der Waals surface area contributed by atoms with E-state index in [2.05, 4.69) is 22.1 Å². The molecule has 0 saturated heterocycles. The predicted octanol–water partition coefficient (Wildman–Crippen LogP) is 5.15. The largest absolute Gasteiger partial charge is 2.00 e. The number of pyridine rings is 2. The average molecular weight is 641 g/mol. The van der Waals surface area contributed by atoms with Gasteiger partial charge in [0.25, 0.3) is 0 Å². The Morgan fingerprint density at radius 3 is 2.44 bits per heavy atom. The second kappa shape index (κ2) is 9.14. The van der Waals surface area contributed by atoms with Gasteiger partial charge in [-0.2, -0.15) is 24.3 Å². The Morgan fingerprint density at radius 1 is 0.765 bits per heavy atom. The summed E-state index contributed by atoms with van der Waals surface area (Å²) in [6, 6.07) is 34.5. The van der Waals surface area contributed by atoms with Gasteiger partial charge in [-0.15, -0.1) is 18.2 Å². The third kappa shape index (κ3) is 3.74. The third-order valence-electron chi connectivity index (χ3n) is 5.60. The zero-order valence-electron chi connectivity index (χ0n) is 18.7. The minimum Gasteiger partial charge on any atom is -0.460 e. The van der Waals surface area contributed by atoms with Crippen LogP contribution in [0.2, 0.25) is 0 Å². The van der Waals surface area contributed by atoms with Crippen molar-refractivity contribution in [3.8, 4) is 33.9 Å². The predicted molar refractivity (Wildman–Crippen MR) is 130 cm³/mol. The Bertz CT molecular complexity index is 1590.